The number of hydrogen-bond acceptors (Lipinski definition) is 2. The van der Waals surface area contributed by atoms with Crippen LogP contribution in [0.4, 0.5) is 0 Å². The molecule has 4 nitrogen and oxygen atoms in total. The van der Waals surface area contributed by atoms with Crippen molar-refractivity contribution in [3.05, 3.63) is 35.4 Å². The average molecular weight is 260 g/mol. The number of hydrogen-bond donors (Lipinski definition) is 0. The number of nitrogens with zero attached hydrogens (tertiary/aromatic N) is 2. The van der Waals surface area contributed by atoms with Gasteiger partial charge in [0.25, 0.3) is 5.91 Å². The van der Waals surface area contributed by atoms with Crippen LogP contribution in [0.5, 0.6) is 0 Å². The summed E-state index contributed by atoms with van der Waals surface area (Å²) in [5, 5.41) is 0. The van der Waals surface area contributed by atoms with E-state index in [-0.39, 0.29) is 5.91 Å². The minimum absolute atomic E-state index is 0.0299. The maximum absolute atomic E-state index is 11.8. The molecule has 0 bridgehead atoms. The Bertz CT molecular complexity index is 446. The number of carbonyl (C=O) groups excluding carboxylic acids is 2. The molecule has 1 aliphatic rings. The van der Waals surface area contributed by atoms with Crippen LogP contribution in [0, 0.1) is 0 Å². The fourth-order valence-corrected chi connectivity index (χ4v) is 2.49. The molecule has 1 heterocycles. The lowest BCUT2D eigenvalue weighted by Gasteiger charge is -2.29. The molecule has 102 valence electrons. The Morgan fingerprint density at radius 2 is 1.79 bits per heavy atom. The van der Waals surface area contributed by atoms with Gasteiger partial charge < -0.3 is 9.80 Å². The highest BCUT2D eigenvalue weighted by molar-refractivity contribution is 5.93. The van der Waals surface area contributed by atoms with Gasteiger partial charge >= 0.3 is 0 Å². The van der Waals surface area contributed by atoms with E-state index >= 15 is 0 Å². The van der Waals surface area contributed by atoms with Crippen molar-refractivity contribution in [3.8, 4) is 0 Å². The van der Waals surface area contributed by atoms with E-state index in [4.69, 9.17) is 0 Å². The van der Waals surface area contributed by atoms with Crippen molar-refractivity contribution in [2.45, 2.75) is 18.8 Å². The van der Waals surface area contributed by atoms with Crippen LogP contribution in [-0.2, 0) is 4.79 Å². The van der Waals surface area contributed by atoms with Gasteiger partial charge in [-0.15, -0.1) is 0 Å². The number of amides is 2. The van der Waals surface area contributed by atoms with Crippen LogP contribution in [0.3, 0.4) is 0 Å². The number of piperidine rings is 1. The van der Waals surface area contributed by atoms with Gasteiger partial charge in [0.15, 0.2) is 0 Å². The van der Waals surface area contributed by atoms with Gasteiger partial charge in [-0.25, -0.2) is 0 Å². The molecule has 2 amide bonds. The minimum Gasteiger partial charge on any atom is -0.345 e. The van der Waals surface area contributed by atoms with E-state index in [1.54, 1.807) is 19.0 Å². The summed E-state index contributed by atoms with van der Waals surface area (Å²) in [5.74, 6) is 0.530. The van der Waals surface area contributed by atoms with Crippen LogP contribution in [0.15, 0.2) is 24.3 Å². The Morgan fingerprint density at radius 1 is 1.21 bits per heavy atom. The summed E-state index contributed by atoms with van der Waals surface area (Å²) in [6.07, 6.45) is 2.93. The van der Waals surface area contributed by atoms with E-state index < -0.39 is 0 Å². The molecule has 2 rings (SSSR count). The summed E-state index contributed by atoms with van der Waals surface area (Å²) in [6, 6.07) is 7.86. The lowest BCUT2D eigenvalue weighted by Crippen LogP contribution is -2.31. The highest BCUT2D eigenvalue weighted by Crippen LogP contribution is 2.27. The third kappa shape index (κ3) is 3.13. The summed E-state index contributed by atoms with van der Waals surface area (Å²) in [5.41, 5.74) is 1.99. The molecule has 19 heavy (non-hydrogen) atoms. The first-order valence-electron chi connectivity index (χ1n) is 6.63. The quantitative estimate of drug-likeness (QED) is 0.776. The fraction of sp³-hybridized carbons (Fsp3) is 0.467. The maximum Gasteiger partial charge on any atom is 0.253 e. The summed E-state index contributed by atoms with van der Waals surface area (Å²) >= 11 is 0. The topological polar surface area (TPSA) is 40.6 Å². The summed E-state index contributed by atoms with van der Waals surface area (Å²) < 4.78 is 0. The second-order valence-corrected chi connectivity index (χ2v) is 5.24. The molecular weight excluding hydrogens is 240 g/mol. The van der Waals surface area contributed by atoms with Gasteiger partial charge in [0.1, 0.15) is 0 Å². The molecule has 0 unspecified atom stereocenters. The van der Waals surface area contributed by atoms with Gasteiger partial charge in [-0.2, -0.15) is 0 Å². The van der Waals surface area contributed by atoms with E-state index in [0.717, 1.165) is 37.9 Å². The van der Waals surface area contributed by atoms with E-state index in [2.05, 4.69) is 0 Å². The zero-order valence-electron chi connectivity index (χ0n) is 11.5. The normalized spacial score (nSPS) is 16.2. The average Bonchev–Trinajstić information content (AvgIpc) is 2.46. The van der Waals surface area contributed by atoms with Crippen molar-refractivity contribution in [3.63, 3.8) is 0 Å². The molecule has 1 aliphatic heterocycles. The highest BCUT2D eigenvalue weighted by Gasteiger charge is 2.19. The van der Waals surface area contributed by atoms with E-state index in [0.29, 0.717) is 5.92 Å². The van der Waals surface area contributed by atoms with Crippen molar-refractivity contribution in [1.82, 2.24) is 9.80 Å². The van der Waals surface area contributed by atoms with E-state index in [9.17, 15) is 9.59 Å². The molecule has 1 saturated heterocycles. The zero-order valence-corrected chi connectivity index (χ0v) is 11.5. The molecule has 1 aromatic rings. The van der Waals surface area contributed by atoms with Crippen molar-refractivity contribution in [2.75, 3.05) is 27.2 Å². The van der Waals surface area contributed by atoms with Gasteiger partial charge in [0, 0.05) is 32.7 Å². The van der Waals surface area contributed by atoms with Crippen LogP contribution in [0.1, 0.15) is 34.7 Å². The van der Waals surface area contributed by atoms with Crippen LogP contribution in [0.25, 0.3) is 0 Å². The maximum atomic E-state index is 11.8. The van der Waals surface area contributed by atoms with Gasteiger partial charge in [0.2, 0.25) is 6.41 Å². The second kappa shape index (κ2) is 5.87. The first-order valence-corrected chi connectivity index (χ1v) is 6.63. The first kappa shape index (κ1) is 13.6. The lowest BCUT2D eigenvalue weighted by atomic mass is 9.89. The Kier molecular flexibility index (Phi) is 4.20. The fourth-order valence-electron chi connectivity index (χ4n) is 2.49. The first-order chi connectivity index (χ1) is 9.11. The molecular formula is C15H20N2O2. The molecule has 0 aliphatic carbocycles. The minimum atomic E-state index is 0.0299. The highest BCUT2D eigenvalue weighted by atomic mass is 16.2. The number of carbonyl (C=O) groups is 2. The molecule has 4 heteroatoms. The smallest absolute Gasteiger partial charge is 0.253 e. The monoisotopic (exact) mass is 260 g/mol. The van der Waals surface area contributed by atoms with Crippen LogP contribution >= 0.6 is 0 Å². The van der Waals surface area contributed by atoms with Gasteiger partial charge in [-0.05, 0) is 36.5 Å². The van der Waals surface area contributed by atoms with E-state index in [1.165, 1.54) is 5.56 Å². The number of rotatable bonds is 3. The van der Waals surface area contributed by atoms with Crippen molar-refractivity contribution < 1.29 is 9.59 Å². The summed E-state index contributed by atoms with van der Waals surface area (Å²) in [4.78, 5) is 25.9. The third-order valence-electron chi connectivity index (χ3n) is 3.71. The van der Waals surface area contributed by atoms with Crippen molar-refractivity contribution >= 4 is 12.3 Å². The molecule has 1 fully saturated rings. The largest absolute Gasteiger partial charge is 0.345 e. The molecule has 0 saturated carbocycles. The van der Waals surface area contributed by atoms with Crippen molar-refractivity contribution in [2.24, 2.45) is 0 Å². The third-order valence-corrected chi connectivity index (χ3v) is 3.71. The molecule has 0 radical (unpaired) electrons. The van der Waals surface area contributed by atoms with Crippen LogP contribution in [-0.4, -0.2) is 49.3 Å². The standard InChI is InChI=1S/C15H20N2O2/c1-16(2)15(19)14-5-3-12(4-6-14)13-7-9-17(11-18)10-8-13/h3-6,11,13H,7-10H2,1-2H3. The van der Waals surface area contributed by atoms with Gasteiger partial charge in [-0.1, -0.05) is 12.1 Å². The van der Waals surface area contributed by atoms with Crippen LogP contribution in [0.2, 0.25) is 0 Å². The Balaban J connectivity index is 2.03. The molecule has 0 aromatic heterocycles. The summed E-state index contributed by atoms with van der Waals surface area (Å²) in [7, 11) is 3.51. The number of benzene rings is 1. The molecule has 1 aromatic carbocycles. The second-order valence-electron chi connectivity index (χ2n) is 5.24. The van der Waals surface area contributed by atoms with Gasteiger partial charge in [-0.3, -0.25) is 9.59 Å². The molecule has 0 N–H and O–H groups in total. The predicted octanol–water partition coefficient (Wildman–Crippen LogP) is 1.72. The van der Waals surface area contributed by atoms with Gasteiger partial charge in [0.05, 0.1) is 0 Å². The Labute approximate surface area is 114 Å². The SMILES string of the molecule is CN(C)C(=O)c1ccc(C2CCN(C=O)CC2)cc1. The summed E-state index contributed by atoms with van der Waals surface area (Å²) in [6.45, 7) is 1.65. The van der Waals surface area contributed by atoms with Crippen LogP contribution < -0.4 is 0 Å². The molecule has 0 spiro atoms. The van der Waals surface area contributed by atoms with Crippen molar-refractivity contribution in [1.29, 1.82) is 0 Å². The Morgan fingerprint density at radius 3 is 2.26 bits per heavy atom. The zero-order chi connectivity index (χ0) is 13.8. The predicted molar refractivity (Wildman–Crippen MR) is 74.1 cm³/mol. The van der Waals surface area contributed by atoms with E-state index in [1.807, 2.05) is 29.2 Å². The number of likely N-dealkylation sites (tertiary alicyclic amines) is 1. The molecule has 0 atom stereocenters. The Hall–Kier alpha value is -1.84. The lowest BCUT2D eigenvalue weighted by molar-refractivity contribution is -0.119.